The number of aliphatic hydroxyl groups excluding tert-OH is 1. The molecule has 0 aromatic carbocycles. The molecule has 1 heteroatoms. The molecule has 3 atom stereocenters. The van der Waals surface area contributed by atoms with E-state index in [1.807, 2.05) is 0 Å². The van der Waals surface area contributed by atoms with Gasteiger partial charge in [-0.15, -0.1) is 0 Å². The van der Waals surface area contributed by atoms with Crippen molar-refractivity contribution in [3.63, 3.8) is 0 Å². The maximum atomic E-state index is 9.68. The Labute approximate surface area is 75.2 Å². The third kappa shape index (κ3) is 1.28. The number of hydrogen-bond donors (Lipinski definition) is 1. The normalized spacial score (nSPS) is 45.5. The molecular formula is C11H20O. The van der Waals surface area contributed by atoms with Crippen molar-refractivity contribution in [3.8, 4) is 0 Å². The third-order valence-corrected chi connectivity index (χ3v) is 3.92. The van der Waals surface area contributed by atoms with Crippen molar-refractivity contribution in [3.05, 3.63) is 0 Å². The number of rotatable bonds is 3. The van der Waals surface area contributed by atoms with Crippen molar-refractivity contribution < 1.29 is 5.11 Å². The Bertz CT molecular complexity index is 166. The summed E-state index contributed by atoms with van der Waals surface area (Å²) in [4.78, 5) is 0. The average molecular weight is 168 g/mol. The SMILES string of the molecule is CCCC[C@]12CCC[C@H](O)[C@H]1C2. The fraction of sp³-hybridized carbons (Fsp3) is 1.00. The van der Waals surface area contributed by atoms with E-state index in [4.69, 9.17) is 0 Å². The average Bonchev–Trinajstić information content (AvgIpc) is 2.78. The van der Waals surface area contributed by atoms with Crippen LogP contribution in [0.2, 0.25) is 0 Å². The van der Waals surface area contributed by atoms with Gasteiger partial charge in [0.2, 0.25) is 0 Å². The predicted molar refractivity (Wildman–Crippen MR) is 49.9 cm³/mol. The van der Waals surface area contributed by atoms with Crippen LogP contribution in [0.4, 0.5) is 0 Å². The topological polar surface area (TPSA) is 20.2 Å². The summed E-state index contributed by atoms with van der Waals surface area (Å²) in [6, 6.07) is 0. The molecule has 0 amide bonds. The minimum absolute atomic E-state index is 0.0515. The van der Waals surface area contributed by atoms with Crippen LogP contribution in [0.15, 0.2) is 0 Å². The molecule has 2 fully saturated rings. The van der Waals surface area contributed by atoms with E-state index in [9.17, 15) is 5.11 Å². The predicted octanol–water partition coefficient (Wildman–Crippen LogP) is 2.73. The van der Waals surface area contributed by atoms with E-state index < -0.39 is 0 Å². The summed E-state index contributed by atoms with van der Waals surface area (Å²) in [5.41, 5.74) is 0.619. The van der Waals surface area contributed by atoms with Crippen LogP contribution in [0.3, 0.4) is 0 Å². The van der Waals surface area contributed by atoms with Crippen LogP contribution in [0, 0.1) is 11.3 Å². The number of hydrogen-bond acceptors (Lipinski definition) is 1. The Morgan fingerprint density at radius 3 is 3.08 bits per heavy atom. The van der Waals surface area contributed by atoms with Crippen LogP contribution in [-0.2, 0) is 0 Å². The first-order chi connectivity index (χ1) is 5.78. The maximum Gasteiger partial charge on any atom is 0.0573 e. The molecule has 0 unspecified atom stereocenters. The molecule has 2 aliphatic rings. The van der Waals surface area contributed by atoms with Crippen molar-refractivity contribution in [1.82, 2.24) is 0 Å². The number of unbranched alkanes of at least 4 members (excludes halogenated alkanes) is 1. The molecule has 70 valence electrons. The molecule has 0 aromatic rings. The Morgan fingerprint density at radius 1 is 1.50 bits per heavy atom. The first-order valence-corrected chi connectivity index (χ1v) is 5.46. The first-order valence-electron chi connectivity index (χ1n) is 5.46. The molecule has 0 heterocycles. The molecule has 0 bridgehead atoms. The summed E-state index contributed by atoms with van der Waals surface area (Å²) in [7, 11) is 0. The zero-order valence-corrected chi connectivity index (χ0v) is 8.05. The van der Waals surface area contributed by atoms with Gasteiger partial charge in [0.1, 0.15) is 0 Å². The number of aliphatic hydroxyl groups is 1. The quantitative estimate of drug-likeness (QED) is 0.687. The summed E-state index contributed by atoms with van der Waals surface area (Å²) in [6.45, 7) is 2.26. The van der Waals surface area contributed by atoms with Gasteiger partial charge in [0.25, 0.3) is 0 Å². The third-order valence-electron chi connectivity index (χ3n) is 3.92. The van der Waals surface area contributed by atoms with Gasteiger partial charge in [-0.1, -0.05) is 26.2 Å². The summed E-state index contributed by atoms with van der Waals surface area (Å²) in [5.74, 6) is 0.692. The van der Waals surface area contributed by atoms with Crippen LogP contribution in [0.5, 0.6) is 0 Å². The molecule has 1 nitrogen and oxygen atoms in total. The lowest BCUT2D eigenvalue weighted by molar-refractivity contribution is 0.0897. The van der Waals surface area contributed by atoms with E-state index in [0.29, 0.717) is 11.3 Å². The van der Waals surface area contributed by atoms with E-state index in [2.05, 4.69) is 6.92 Å². The van der Waals surface area contributed by atoms with E-state index >= 15 is 0 Å². The van der Waals surface area contributed by atoms with Crippen LogP contribution in [0.25, 0.3) is 0 Å². The van der Waals surface area contributed by atoms with Crippen molar-refractivity contribution in [2.45, 2.75) is 58.0 Å². The van der Waals surface area contributed by atoms with E-state index in [0.717, 1.165) is 6.42 Å². The van der Waals surface area contributed by atoms with Crippen LogP contribution >= 0.6 is 0 Å². The minimum Gasteiger partial charge on any atom is -0.393 e. The van der Waals surface area contributed by atoms with Gasteiger partial charge < -0.3 is 5.11 Å². The van der Waals surface area contributed by atoms with Gasteiger partial charge in [-0.3, -0.25) is 0 Å². The van der Waals surface area contributed by atoms with Gasteiger partial charge in [0.15, 0.2) is 0 Å². The molecule has 0 radical (unpaired) electrons. The van der Waals surface area contributed by atoms with Crippen LogP contribution < -0.4 is 0 Å². The highest BCUT2D eigenvalue weighted by molar-refractivity contribution is 5.07. The highest BCUT2D eigenvalue weighted by Gasteiger charge is 2.57. The van der Waals surface area contributed by atoms with Crippen molar-refractivity contribution >= 4 is 0 Å². The lowest BCUT2D eigenvalue weighted by Crippen LogP contribution is -2.21. The fourth-order valence-corrected chi connectivity index (χ4v) is 3.02. The second-order valence-electron chi connectivity index (χ2n) is 4.74. The second kappa shape index (κ2) is 3.02. The molecule has 0 aromatic heterocycles. The number of fused-ring (bicyclic) bond motifs is 1. The molecule has 2 rings (SSSR count). The summed E-state index contributed by atoms with van der Waals surface area (Å²) in [6.07, 6.45) is 9.16. The molecule has 2 aliphatic carbocycles. The lowest BCUT2D eigenvalue weighted by atomic mass is 9.83. The van der Waals surface area contributed by atoms with Crippen molar-refractivity contribution in [2.24, 2.45) is 11.3 Å². The monoisotopic (exact) mass is 168 g/mol. The van der Waals surface area contributed by atoms with Crippen LogP contribution in [-0.4, -0.2) is 11.2 Å². The van der Waals surface area contributed by atoms with Gasteiger partial charge in [-0.2, -0.15) is 0 Å². The van der Waals surface area contributed by atoms with Crippen molar-refractivity contribution in [2.75, 3.05) is 0 Å². The van der Waals surface area contributed by atoms with Gasteiger partial charge in [-0.05, 0) is 37.0 Å². The van der Waals surface area contributed by atoms with E-state index in [1.54, 1.807) is 0 Å². The Balaban J connectivity index is 1.88. The molecule has 1 N–H and O–H groups in total. The maximum absolute atomic E-state index is 9.68. The molecule has 12 heavy (non-hydrogen) atoms. The van der Waals surface area contributed by atoms with E-state index in [-0.39, 0.29) is 6.10 Å². The van der Waals surface area contributed by atoms with Crippen molar-refractivity contribution in [1.29, 1.82) is 0 Å². The Hall–Kier alpha value is -0.0400. The zero-order valence-electron chi connectivity index (χ0n) is 8.05. The first kappa shape index (κ1) is 8.55. The fourth-order valence-electron chi connectivity index (χ4n) is 3.02. The smallest absolute Gasteiger partial charge is 0.0573 e. The summed E-state index contributed by atoms with van der Waals surface area (Å²) < 4.78 is 0. The zero-order chi connectivity index (χ0) is 8.60. The highest BCUT2D eigenvalue weighted by Crippen LogP contribution is 2.63. The van der Waals surface area contributed by atoms with E-state index in [1.165, 1.54) is 38.5 Å². The summed E-state index contributed by atoms with van der Waals surface area (Å²) >= 11 is 0. The van der Waals surface area contributed by atoms with Crippen LogP contribution in [0.1, 0.15) is 51.9 Å². The Morgan fingerprint density at radius 2 is 2.33 bits per heavy atom. The molecule has 2 saturated carbocycles. The minimum atomic E-state index is 0.0515. The highest BCUT2D eigenvalue weighted by atomic mass is 16.3. The van der Waals surface area contributed by atoms with Gasteiger partial charge in [0.05, 0.1) is 6.10 Å². The molecule has 0 spiro atoms. The standard InChI is InChI=1S/C11H20O/c1-2-3-6-11-7-4-5-10(12)9(11)8-11/h9-10,12H,2-8H2,1H3/t9-,10+,11-/m1/s1. The largest absolute Gasteiger partial charge is 0.393 e. The van der Waals surface area contributed by atoms with Gasteiger partial charge >= 0.3 is 0 Å². The second-order valence-corrected chi connectivity index (χ2v) is 4.74. The summed E-state index contributed by atoms with van der Waals surface area (Å²) in [5, 5.41) is 9.68. The Kier molecular flexibility index (Phi) is 2.16. The molecule has 0 saturated heterocycles. The molecule has 0 aliphatic heterocycles. The molecular weight excluding hydrogens is 148 g/mol. The van der Waals surface area contributed by atoms with Gasteiger partial charge in [-0.25, -0.2) is 0 Å². The van der Waals surface area contributed by atoms with Gasteiger partial charge in [0, 0.05) is 0 Å². The lowest BCUT2D eigenvalue weighted by Gasteiger charge is -2.25.